The molecule has 2 aromatic carbocycles. The lowest BCUT2D eigenvalue weighted by Gasteiger charge is -2.12. The number of para-hydroxylation sites is 1. The molecule has 0 bridgehead atoms. The summed E-state index contributed by atoms with van der Waals surface area (Å²) in [5, 5.41) is 14.1. The molecule has 0 radical (unpaired) electrons. The van der Waals surface area contributed by atoms with Gasteiger partial charge in [0.15, 0.2) is 11.5 Å². The zero-order valence-corrected chi connectivity index (χ0v) is 16.3. The highest BCUT2D eigenvalue weighted by atomic mass is 16.5. The Balaban J connectivity index is 1.73. The molecule has 0 saturated heterocycles. The lowest BCUT2D eigenvalue weighted by Crippen LogP contribution is -2.22. The minimum atomic E-state index is -0.320. The number of hydrazone groups is 1. The molecule has 0 unspecified atom stereocenters. The van der Waals surface area contributed by atoms with Crippen molar-refractivity contribution in [2.75, 3.05) is 21.3 Å². The SMILES string of the molecule is COc1cc(/C=N\NC(=O)Cn2cc(C#N)c3ccccc32)cc(OC)c1OC. The standard InChI is InChI=1S/C21H20N4O4/c1-27-18-8-14(9-19(28-2)21(18)29-3)11-23-24-20(26)13-25-12-15(10-22)16-6-4-5-7-17(16)25/h4-9,11-12H,13H2,1-3H3,(H,24,26)/b23-11-. The van der Waals surface area contributed by atoms with E-state index < -0.39 is 0 Å². The van der Waals surface area contributed by atoms with Gasteiger partial charge in [0.1, 0.15) is 12.6 Å². The average molecular weight is 392 g/mol. The number of hydrogen-bond donors (Lipinski definition) is 1. The molecule has 0 saturated carbocycles. The van der Waals surface area contributed by atoms with Crippen LogP contribution in [0.5, 0.6) is 17.2 Å². The Morgan fingerprint density at radius 1 is 1.17 bits per heavy atom. The number of nitrogens with zero attached hydrogens (tertiary/aromatic N) is 3. The number of nitrogens with one attached hydrogen (secondary N) is 1. The first-order valence-electron chi connectivity index (χ1n) is 8.71. The normalized spacial score (nSPS) is 10.7. The molecule has 29 heavy (non-hydrogen) atoms. The predicted octanol–water partition coefficient (Wildman–Crippen LogP) is 2.69. The first-order valence-corrected chi connectivity index (χ1v) is 8.71. The van der Waals surface area contributed by atoms with E-state index in [1.165, 1.54) is 27.5 Å². The van der Waals surface area contributed by atoms with Crippen molar-refractivity contribution in [2.24, 2.45) is 5.10 Å². The van der Waals surface area contributed by atoms with Crippen LogP contribution in [-0.2, 0) is 11.3 Å². The monoisotopic (exact) mass is 392 g/mol. The summed E-state index contributed by atoms with van der Waals surface area (Å²) in [7, 11) is 4.57. The highest BCUT2D eigenvalue weighted by molar-refractivity contribution is 5.88. The maximum absolute atomic E-state index is 12.3. The molecule has 0 atom stereocenters. The van der Waals surface area contributed by atoms with Crippen molar-refractivity contribution in [3.05, 3.63) is 53.7 Å². The number of carbonyl (C=O) groups is 1. The van der Waals surface area contributed by atoms with E-state index >= 15 is 0 Å². The van der Waals surface area contributed by atoms with Gasteiger partial charge >= 0.3 is 0 Å². The van der Waals surface area contributed by atoms with E-state index in [9.17, 15) is 10.1 Å². The molecule has 0 aliphatic rings. The quantitative estimate of drug-likeness (QED) is 0.492. The van der Waals surface area contributed by atoms with Crippen LogP contribution >= 0.6 is 0 Å². The highest BCUT2D eigenvalue weighted by Crippen LogP contribution is 2.37. The lowest BCUT2D eigenvalue weighted by molar-refractivity contribution is -0.121. The fourth-order valence-corrected chi connectivity index (χ4v) is 3.01. The molecule has 8 heteroatoms. The van der Waals surface area contributed by atoms with E-state index in [0.717, 1.165) is 10.9 Å². The second-order valence-corrected chi connectivity index (χ2v) is 6.05. The van der Waals surface area contributed by atoms with E-state index in [0.29, 0.717) is 28.4 Å². The summed E-state index contributed by atoms with van der Waals surface area (Å²) >= 11 is 0. The summed E-state index contributed by atoms with van der Waals surface area (Å²) in [5.74, 6) is 1.13. The molecule has 1 heterocycles. The molecule has 0 aliphatic carbocycles. The van der Waals surface area contributed by atoms with Crippen molar-refractivity contribution in [3.63, 3.8) is 0 Å². The Bertz CT molecular complexity index is 1090. The molecule has 8 nitrogen and oxygen atoms in total. The maximum Gasteiger partial charge on any atom is 0.259 e. The minimum absolute atomic E-state index is 0.0365. The average Bonchev–Trinajstić information content (AvgIpc) is 3.10. The predicted molar refractivity (Wildman–Crippen MR) is 108 cm³/mol. The van der Waals surface area contributed by atoms with Crippen molar-refractivity contribution < 1.29 is 19.0 Å². The molecule has 1 N–H and O–H groups in total. The fraction of sp³-hybridized carbons (Fsp3) is 0.190. The summed E-state index contributed by atoms with van der Waals surface area (Å²) in [6.45, 7) is 0.0365. The molecule has 1 amide bonds. The Morgan fingerprint density at radius 3 is 2.48 bits per heavy atom. The zero-order chi connectivity index (χ0) is 20.8. The molecule has 148 valence electrons. The second kappa shape index (κ2) is 8.80. The second-order valence-electron chi connectivity index (χ2n) is 6.05. The third kappa shape index (κ3) is 4.14. The summed E-state index contributed by atoms with van der Waals surface area (Å²) in [4.78, 5) is 12.3. The molecular weight excluding hydrogens is 372 g/mol. The van der Waals surface area contributed by atoms with E-state index in [2.05, 4.69) is 16.6 Å². The maximum atomic E-state index is 12.3. The fourth-order valence-electron chi connectivity index (χ4n) is 3.01. The van der Waals surface area contributed by atoms with Crippen LogP contribution < -0.4 is 19.6 Å². The number of ether oxygens (including phenoxy) is 3. The Kier molecular flexibility index (Phi) is 6.00. The number of hydrogen-bond acceptors (Lipinski definition) is 6. The third-order valence-electron chi connectivity index (χ3n) is 4.31. The number of methoxy groups -OCH3 is 3. The van der Waals surface area contributed by atoms with Crippen LogP contribution in [0.25, 0.3) is 10.9 Å². The van der Waals surface area contributed by atoms with Gasteiger partial charge < -0.3 is 18.8 Å². The van der Waals surface area contributed by atoms with Crippen LogP contribution in [0.2, 0.25) is 0 Å². The van der Waals surface area contributed by atoms with Crippen molar-refractivity contribution in [1.29, 1.82) is 5.26 Å². The number of carbonyl (C=O) groups excluding carboxylic acids is 1. The lowest BCUT2D eigenvalue weighted by atomic mass is 10.2. The Labute approximate surface area is 167 Å². The van der Waals surface area contributed by atoms with Gasteiger partial charge in [0.25, 0.3) is 5.91 Å². The van der Waals surface area contributed by atoms with Crippen molar-refractivity contribution in [3.8, 4) is 23.3 Å². The smallest absolute Gasteiger partial charge is 0.259 e. The number of fused-ring (bicyclic) bond motifs is 1. The minimum Gasteiger partial charge on any atom is -0.493 e. The van der Waals surface area contributed by atoms with Crippen LogP contribution in [0, 0.1) is 11.3 Å². The first-order chi connectivity index (χ1) is 14.1. The summed E-state index contributed by atoms with van der Waals surface area (Å²) in [5.41, 5.74) is 4.49. The van der Waals surface area contributed by atoms with Crippen molar-refractivity contribution >= 4 is 23.0 Å². The van der Waals surface area contributed by atoms with Gasteiger partial charge in [-0.15, -0.1) is 0 Å². The van der Waals surface area contributed by atoms with E-state index in [1.807, 2.05) is 24.3 Å². The molecule has 1 aromatic heterocycles. The summed E-state index contributed by atoms with van der Waals surface area (Å²) in [6, 6.07) is 13.0. The molecule has 0 spiro atoms. The Morgan fingerprint density at radius 2 is 1.86 bits per heavy atom. The summed E-state index contributed by atoms with van der Waals surface area (Å²) in [6.07, 6.45) is 3.14. The Hall–Kier alpha value is -3.99. The van der Waals surface area contributed by atoms with E-state index in [4.69, 9.17) is 14.2 Å². The number of amides is 1. The van der Waals surface area contributed by atoms with Gasteiger partial charge in [0.2, 0.25) is 5.75 Å². The number of nitriles is 1. The van der Waals surface area contributed by atoms with Gasteiger partial charge in [-0.2, -0.15) is 10.4 Å². The van der Waals surface area contributed by atoms with Crippen molar-refractivity contribution in [2.45, 2.75) is 6.54 Å². The van der Waals surface area contributed by atoms with Gasteiger partial charge in [-0.05, 0) is 18.2 Å². The van der Waals surface area contributed by atoms with Crippen LogP contribution in [0.4, 0.5) is 0 Å². The highest BCUT2D eigenvalue weighted by Gasteiger charge is 2.13. The van der Waals surface area contributed by atoms with Crippen LogP contribution in [-0.4, -0.2) is 38.0 Å². The number of rotatable bonds is 7. The molecular formula is C21H20N4O4. The van der Waals surface area contributed by atoms with Gasteiger partial charge in [-0.1, -0.05) is 18.2 Å². The number of benzene rings is 2. The van der Waals surface area contributed by atoms with Crippen LogP contribution in [0.15, 0.2) is 47.7 Å². The van der Waals surface area contributed by atoms with Crippen LogP contribution in [0.1, 0.15) is 11.1 Å². The summed E-state index contributed by atoms with van der Waals surface area (Å²) < 4.78 is 17.6. The van der Waals surface area contributed by atoms with Gasteiger partial charge in [-0.25, -0.2) is 5.43 Å². The van der Waals surface area contributed by atoms with Crippen LogP contribution in [0.3, 0.4) is 0 Å². The number of aromatic nitrogens is 1. The molecule has 0 fully saturated rings. The van der Waals surface area contributed by atoms with Gasteiger partial charge in [0.05, 0.1) is 33.1 Å². The topological polar surface area (TPSA) is 97.9 Å². The molecule has 3 rings (SSSR count). The largest absolute Gasteiger partial charge is 0.493 e. The first kappa shape index (κ1) is 19.8. The third-order valence-corrected chi connectivity index (χ3v) is 4.31. The molecule has 0 aliphatic heterocycles. The van der Waals surface area contributed by atoms with E-state index in [-0.39, 0.29) is 12.5 Å². The van der Waals surface area contributed by atoms with Gasteiger partial charge in [-0.3, -0.25) is 4.79 Å². The van der Waals surface area contributed by atoms with Gasteiger partial charge in [0, 0.05) is 22.7 Å². The zero-order valence-electron chi connectivity index (χ0n) is 16.3. The molecule has 3 aromatic rings. The van der Waals surface area contributed by atoms with Crippen molar-refractivity contribution in [1.82, 2.24) is 9.99 Å². The van der Waals surface area contributed by atoms with E-state index in [1.54, 1.807) is 22.9 Å².